The molecule has 3 rings (SSSR count). The van der Waals surface area contributed by atoms with Gasteiger partial charge in [-0.05, 0) is 44.4 Å². The number of carbonyl (C=O) groups is 2. The second-order valence-corrected chi connectivity index (χ2v) is 8.08. The lowest BCUT2D eigenvalue weighted by Gasteiger charge is -2.38. The van der Waals surface area contributed by atoms with Crippen molar-refractivity contribution in [1.29, 1.82) is 0 Å². The lowest BCUT2D eigenvalue weighted by atomic mass is 10.0. The predicted octanol–water partition coefficient (Wildman–Crippen LogP) is 2.31. The summed E-state index contributed by atoms with van der Waals surface area (Å²) in [6.07, 6.45) is 3.38. The summed E-state index contributed by atoms with van der Waals surface area (Å²) in [5, 5.41) is 9.95. The largest absolute Gasteiger partial charge is 0.507 e. The Morgan fingerprint density at radius 2 is 1.88 bits per heavy atom. The Balaban J connectivity index is 1.53. The van der Waals surface area contributed by atoms with Crippen LogP contribution in [0.2, 0.25) is 0 Å². The van der Waals surface area contributed by atoms with Crippen LogP contribution in [0.25, 0.3) is 0 Å². The van der Waals surface area contributed by atoms with Gasteiger partial charge in [0.25, 0.3) is 5.91 Å². The zero-order valence-electron chi connectivity index (χ0n) is 15.2. The SMILES string of the molecule is C[C@@H]1CCCCN1C(=O)CN1CCN(C(=O)c2cc(Br)ccc2O)CC1. The topological polar surface area (TPSA) is 64.1 Å². The van der Waals surface area contributed by atoms with Gasteiger partial charge in [-0.1, -0.05) is 15.9 Å². The van der Waals surface area contributed by atoms with Gasteiger partial charge in [-0.2, -0.15) is 0 Å². The van der Waals surface area contributed by atoms with E-state index >= 15 is 0 Å². The Kier molecular flexibility index (Phi) is 6.19. The fourth-order valence-corrected chi connectivity index (χ4v) is 4.07. The highest BCUT2D eigenvalue weighted by Crippen LogP contribution is 2.24. The van der Waals surface area contributed by atoms with Crippen LogP contribution in [0.4, 0.5) is 0 Å². The number of benzene rings is 1. The van der Waals surface area contributed by atoms with Gasteiger partial charge in [0, 0.05) is 43.2 Å². The summed E-state index contributed by atoms with van der Waals surface area (Å²) in [7, 11) is 0. The summed E-state index contributed by atoms with van der Waals surface area (Å²) in [5.74, 6) is 0.0240. The fraction of sp³-hybridized carbons (Fsp3) is 0.579. The third kappa shape index (κ3) is 4.38. The molecule has 2 heterocycles. The van der Waals surface area contributed by atoms with Crippen LogP contribution < -0.4 is 0 Å². The summed E-state index contributed by atoms with van der Waals surface area (Å²) in [5.41, 5.74) is 0.311. The summed E-state index contributed by atoms with van der Waals surface area (Å²) in [6.45, 7) is 5.89. The molecule has 0 unspecified atom stereocenters. The number of piperazine rings is 1. The first-order valence-electron chi connectivity index (χ1n) is 9.25. The van der Waals surface area contributed by atoms with Gasteiger partial charge < -0.3 is 14.9 Å². The Morgan fingerprint density at radius 1 is 1.15 bits per heavy atom. The molecule has 2 aliphatic heterocycles. The average molecular weight is 424 g/mol. The molecule has 0 radical (unpaired) electrons. The first-order valence-corrected chi connectivity index (χ1v) is 10.0. The summed E-state index contributed by atoms with van der Waals surface area (Å²) in [4.78, 5) is 31.1. The molecule has 1 atom stereocenters. The molecule has 7 heteroatoms. The van der Waals surface area contributed by atoms with Gasteiger partial charge in [-0.3, -0.25) is 14.5 Å². The molecule has 0 saturated carbocycles. The molecule has 0 aliphatic carbocycles. The number of amides is 2. The molecule has 142 valence electrons. The molecule has 2 aliphatic rings. The second-order valence-electron chi connectivity index (χ2n) is 7.16. The normalized spacial score (nSPS) is 21.7. The number of likely N-dealkylation sites (tertiary alicyclic amines) is 1. The maximum Gasteiger partial charge on any atom is 0.257 e. The molecule has 6 nitrogen and oxygen atoms in total. The predicted molar refractivity (Wildman–Crippen MR) is 103 cm³/mol. The number of phenols is 1. The Bertz CT molecular complexity index is 674. The zero-order valence-corrected chi connectivity index (χ0v) is 16.7. The number of phenolic OH excluding ortho intramolecular Hbond substituents is 1. The first-order chi connectivity index (χ1) is 12.5. The van der Waals surface area contributed by atoms with Crippen molar-refractivity contribution in [2.75, 3.05) is 39.3 Å². The van der Waals surface area contributed by atoms with Gasteiger partial charge in [0.1, 0.15) is 5.75 Å². The summed E-state index contributed by atoms with van der Waals surface area (Å²) in [6, 6.07) is 5.20. The van der Waals surface area contributed by atoms with E-state index in [0.29, 0.717) is 44.3 Å². The van der Waals surface area contributed by atoms with Crippen molar-refractivity contribution in [2.45, 2.75) is 32.2 Å². The number of piperidine rings is 1. The van der Waals surface area contributed by atoms with Crippen molar-refractivity contribution in [1.82, 2.24) is 14.7 Å². The smallest absolute Gasteiger partial charge is 0.257 e. The highest BCUT2D eigenvalue weighted by atomic mass is 79.9. The van der Waals surface area contributed by atoms with Crippen LogP contribution >= 0.6 is 15.9 Å². The van der Waals surface area contributed by atoms with E-state index < -0.39 is 0 Å². The Morgan fingerprint density at radius 3 is 2.58 bits per heavy atom. The fourth-order valence-electron chi connectivity index (χ4n) is 3.71. The van der Waals surface area contributed by atoms with Crippen molar-refractivity contribution in [3.8, 4) is 5.75 Å². The minimum atomic E-state index is -0.167. The molecule has 0 bridgehead atoms. The standard InChI is InChI=1S/C19H26BrN3O3/c1-14-4-2-3-7-23(14)18(25)13-21-8-10-22(11-9-21)19(26)16-12-15(20)5-6-17(16)24/h5-6,12,14,24H,2-4,7-11,13H2,1H3/t14-/m1/s1. The van der Waals surface area contributed by atoms with E-state index in [0.717, 1.165) is 23.9 Å². The highest BCUT2D eigenvalue weighted by molar-refractivity contribution is 9.10. The molecule has 0 aromatic heterocycles. The molecule has 2 saturated heterocycles. The number of aromatic hydroxyl groups is 1. The van der Waals surface area contributed by atoms with Crippen LogP contribution in [-0.2, 0) is 4.79 Å². The van der Waals surface area contributed by atoms with Gasteiger partial charge in [-0.25, -0.2) is 0 Å². The van der Waals surface area contributed by atoms with Gasteiger partial charge in [0.05, 0.1) is 12.1 Å². The van der Waals surface area contributed by atoms with Crippen LogP contribution in [0, 0.1) is 0 Å². The van der Waals surface area contributed by atoms with E-state index in [9.17, 15) is 14.7 Å². The molecule has 0 spiro atoms. The van der Waals surface area contributed by atoms with Crippen molar-refractivity contribution in [2.24, 2.45) is 0 Å². The molecule has 1 N–H and O–H groups in total. The van der Waals surface area contributed by atoms with Gasteiger partial charge in [-0.15, -0.1) is 0 Å². The van der Waals surface area contributed by atoms with E-state index in [-0.39, 0.29) is 17.6 Å². The van der Waals surface area contributed by atoms with Crippen molar-refractivity contribution >= 4 is 27.7 Å². The summed E-state index contributed by atoms with van der Waals surface area (Å²) >= 11 is 3.34. The third-order valence-corrected chi connectivity index (χ3v) is 5.82. The molecule has 26 heavy (non-hydrogen) atoms. The number of rotatable bonds is 3. The number of halogens is 1. The van der Waals surface area contributed by atoms with E-state index in [1.807, 2.05) is 4.90 Å². The second kappa shape index (κ2) is 8.39. The highest BCUT2D eigenvalue weighted by Gasteiger charge is 2.28. The molecule has 2 fully saturated rings. The Labute approximate surface area is 162 Å². The average Bonchev–Trinajstić information content (AvgIpc) is 2.64. The lowest BCUT2D eigenvalue weighted by molar-refractivity contribution is -0.136. The minimum Gasteiger partial charge on any atom is -0.507 e. The first kappa shape index (κ1) is 19.2. The molecule has 2 amide bonds. The van der Waals surface area contributed by atoms with Crippen molar-refractivity contribution < 1.29 is 14.7 Å². The monoisotopic (exact) mass is 423 g/mol. The van der Waals surface area contributed by atoms with E-state index in [2.05, 4.69) is 27.8 Å². The number of carbonyl (C=O) groups excluding carboxylic acids is 2. The van der Waals surface area contributed by atoms with Crippen molar-refractivity contribution in [3.63, 3.8) is 0 Å². The number of hydrogen-bond acceptors (Lipinski definition) is 4. The van der Waals surface area contributed by atoms with Gasteiger partial charge in [0.15, 0.2) is 0 Å². The minimum absolute atomic E-state index is 0.00473. The van der Waals surface area contributed by atoms with Crippen LogP contribution in [0.1, 0.15) is 36.5 Å². The van der Waals surface area contributed by atoms with Crippen molar-refractivity contribution in [3.05, 3.63) is 28.2 Å². The number of hydrogen-bond donors (Lipinski definition) is 1. The van der Waals surface area contributed by atoms with Gasteiger partial charge >= 0.3 is 0 Å². The van der Waals surface area contributed by atoms with Gasteiger partial charge in [0.2, 0.25) is 5.91 Å². The number of nitrogens with zero attached hydrogens (tertiary/aromatic N) is 3. The van der Waals surface area contributed by atoms with E-state index in [1.165, 1.54) is 12.5 Å². The molecular formula is C19H26BrN3O3. The zero-order chi connectivity index (χ0) is 18.7. The van der Waals surface area contributed by atoms with E-state index in [1.54, 1.807) is 17.0 Å². The quantitative estimate of drug-likeness (QED) is 0.809. The summed E-state index contributed by atoms with van der Waals surface area (Å²) < 4.78 is 0.763. The van der Waals surface area contributed by atoms with Crippen LogP contribution in [0.3, 0.4) is 0 Å². The van der Waals surface area contributed by atoms with Crippen LogP contribution in [0.15, 0.2) is 22.7 Å². The maximum absolute atomic E-state index is 12.6. The molecule has 1 aromatic carbocycles. The maximum atomic E-state index is 12.6. The van der Waals surface area contributed by atoms with Crippen LogP contribution in [0.5, 0.6) is 5.75 Å². The lowest BCUT2D eigenvalue weighted by Crippen LogP contribution is -2.53. The molecule has 1 aromatic rings. The molecular weight excluding hydrogens is 398 g/mol. The van der Waals surface area contributed by atoms with E-state index in [4.69, 9.17) is 0 Å². The van der Waals surface area contributed by atoms with Crippen LogP contribution in [-0.4, -0.2) is 76.9 Å². The third-order valence-electron chi connectivity index (χ3n) is 5.33. The Hall–Kier alpha value is -1.60.